The third-order valence-corrected chi connectivity index (χ3v) is 4.35. The van der Waals surface area contributed by atoms with E-state index in [1.54, 1.807) is 0 Å². The first-order chi connectivity index (χ1) is 12.5. The Kier molecular flexibility index (Phi) is 3.95. The molecule has 0 saturated heterocycles. The van der Waals surface area contributed by atoms with E-state index in [0.29, 0.717) is 18.4 Å². The minimum absolute atomic E-state index is 0.101. The Bertz CT molecular complexity index is 973. The van der Waals surface area contributed by atoms with Crippen LogP contribution >= 0.6 is 0 Å². The smallest absolute Gasteiger partial charge is 0.275 e. The fourth-order valence-corrected chi connectivity index (χ4v) is 3.19. The Morgan fingerprint density at radius 1 is 1.19 bits per heavy atom. The quantitative estimate of drug-likeness (QED) is 0.709. The molecule has 2 aromatic heterocycles. The van der Waals surface area contributed by atoms with Gasteiger partial charge in [-0.2, -0.15) is 0 Å². The largest absolute Gasteiger partial charge is 0.328 e. The molecule has 1 aliphatic rings. The summed E-state index contributed by atoms with van der Waals surface area (Å²) in [7, 11) is 0. The molecule has 3 aromatic rings. The highest BCUT2D eigenvalue weighted by molar-refractivity contribution is 5.92. The van der Waals surface area contributed by atoms with Crippen LogP contribution in [0, 0.1) is 11.6 Å². The summed E-state index contributed by atoms with van der Waals surface area (Å²) in [5, 5.41) is 8.44. The number of aromatic nitrogens is 4. The van der Waals surface area contributed by atoms with Crippen molar-refractivity contribution in [2.24, 2.45) is 0 Å². The Hall–Kier alpha value is -3.16. The SMILES string of the molecule is C[C@H]1CN(C(=O)c2ncc(F)cc2F)Cc2nnc(-c3ccccc3)n21. The van der Waals surface area contributed by atoms with Crippen LogP contribution in [0.2, 0.25) is 0 Å². The maximum absolute atomic E-state index is 13.9. The molecule has 0 radical (unpaired) electrons. The van der Waals surface area contributed by atoms with Crippen molar-refractivity contribution in [2.45, 2.75) is 19.5 Å². The first kappa shape index (κ1) is 16.3. The van der Waals surface area contributed by atoms with E-state index in [0.717, 1.165) is 17.6 Å². The normalized spacial score (nSPS) is 16.4. The Morgan fingerprint density at radius 3 is 2.69 bits per heavy atom. The Balaban J connectivity index is 1.65. The van der Waals surface area contributed by atoms with Crippen LogP contribution in [0.3, 0.4) is 0 Å². The average Bonchev–Trinajstić information content (AvgIpc) is 3.06. The number of hydrogen-bond donors (Lipinski definition) is 0. The fourth-order valence-electron chi connectivity index (χ4n) is 3.19. The van der Waals surface area contributed by atoms with Crippen molar-refractivity contribution in [3.8, 4) is 11.4 Å². The molecule has 1 amide bonds. The summed E-state index contributed by atoms with van der Waals surface area (Å²) in [5.74, 6) is -1.05. The third kappa shape index (κ3) is 2.73. The highest BCUT2D eigenvalue weighted by Crippen LogP contribution is 2.28. The second kappa shape index (κ2) is 6.29. The molecule has 0 aliphatic carbocycles. The Morgan fingerprint density at radius 2 is 1.96 bits per heavy atom. The number of carbonyl (C=O) groups is 1. The van der Waals surface area contributed by atoms with E-state index in [-0.39, 0.29) is 12.6 Å². The summed E-state index contributed by atoms with van der Waals surface area (Å²) in [6.45, 7) is 2.47. The molecule has 1 aliphatic heterocycles. The molecule has 0 unspecified atom stereocenters. The van der Waals surface area contributed by atoms with Crippen molar-refractivity contribution in [1.82, 2.24) is 24.6 Å². The lowest BCUT2D eigenvalue weighted by molar-refractivity contribution is 0.0670. The highest BCUT2D eigenvalue weighted by Gasteiger charge is 2.31. The number of benzene rings is 1. The lowest BCUT2D eigenvalue weighted by Gasteiger charge is -2.32. The minimum atomic E-state index is -0.973. The molecule has 8 heteroatoms. The summed E-state index contributed by atoms with van der Waals surface area (Å²) < 4.78 is 28.9. The zero-order chi connectivity index (χ0) is 18.3. The zero-order valence-electron chi connectivity index (χ0n) is 13.9. The lowest BCUT2D eigenvalue weighted by atomic mass is 10.1. The van der Waals surface area contributed by atoms with Gasteiger partial charge < -0.3 is 9.47 Å². The molecule has 132 valence electrons. The fraction of sp³-hybridized carbons (Fsp3) is 0.222. The summed E-state index contributed by atoms with van der Waals surface area (Å²) >= 11 is 0. The molecule has 3 heterocycles. The van der Waals surface area contributed by atoms with Gasteiger partial charge in [-0.1, -0.05) is 30.3 Å². The van der Waals surface area contributed by atoms with Crippen LogP contribution in [0.15, 0.2) is 42.6 Å². The van der Waals surface area contributed by atoms with Gasteiger partial charge in [0.2, 0.25) is 0 Å². The monoisotopic (exact) mass is 355 g/mol. The number of rotatable bonds is 2. The van der Waals surface area contributed by atoms with Crippen LogP contribution in [-0.4, -0.2) is 37.1 Å². The summed E-state index contributed by atoms with van der Waals surface area (Å²) in [4.78, 5) is 17.7. The van der Waals surface area contributed by atoms with Gasteiger partial charge in [0.25, 0.3) is 5.91 Å². The van der Waals surface area contributed by atoms with E-state index in [2.05, 4.69) is 15.2 Å². The van der Waals surface area contributed by atoms with Crippen LogP contribution in [-0.2, 0) is 6.54 Å². The van der Waals surface area contributed by atoms with E-state index in [1.807, 2.05) is 41.8 Å². The molecule has 0 spiro atoms. The highest BCUT2D eigenvalue weighted by atomic mass is 19.1. The van der Waals surface area contributed by atoms with Gasteiger partial charge in [-0.25, -0.2) is 13.8 Å². The maximum Gasteiger partial charge on any atom is 0.275 e. The minimum Gasteiger partial charge on any atom is -0.328 e. The number of nitrogens with zero attached hydrogens (tertiary/aromatic N) is 5. The van der Waals surface area contributed by atoms with Gasteiger partial charge >= 0.3 is 0 Å². The lowest BCUT2D eigenvalue weighted by Crippen LogP contribution is -2.41. The molecular weight excluding hydrogens is 340 g/mol. The summed E-state index contributed by atoms with van der Waals surface area (Å²) in [6.07, 6.45) is 0.833. The maximum atomic E-state index is 13.9. The number of fused-ring (bicyclic) bond motifs is 1. The molecule has 4 rings (SSSR count). The van der Waals surface area contributed by atoms with Gasteiger partial charge in [-0.3, -0.25) is 4.79 Å². The van der Waals surface area contributed by atoms with Crippen molar-refractivity contribution in [3.05, 3.63) is 65.7 Å². The van der Waals surface area contributed by atoms with Crippen LogP contribution in [0.4, 0.5) is 8.78 Å². The van der Waals surface area contributed by atoms with Crippen LogP contribution in [0.25, 0.3) is 11.4 Å². The number of hydrogen-bond acceptors (Lipinski definition) is 4. The van der Waals surface area contributed by atoms with Gasteiger partial charge in [0, 0.05) is 18.2 Å². The molecule has 1 atom stereocenters. The van der Waals surface area contributed by atoms with Crippen molar-refractivity contribution >= 4 is 5.91 Å². The van der Waals surface area contributed by atoms with E-state index in [9.17, 15) is 13.6 Å². The van der Waals surface area contributed by atoms with Crippen molar-refractivity contribution in [1.29, 1.82) is 0 Å². The molecule has 6 nitrogen and oxygen atoms in total. The van der Waals surface area contributed by atoms with Crippen molar-refractivity contribution < 1.29 is 13.6 Å². The first-order valence-electron chi connectivity index (χ1n) is 8.14. The predicted octanol–water partition coefficient (Wildman–Crippen LogP) is 2.84. The first-order valence-corrected chi connectivity index (χ1v) is 8.14. The van der Waals surface area contributed by atoms with Crippen LogP contribution in [0.5, 0.6) is 0 Å². The topological polar surface area (TPSA) is 63.9 Å². The Labute approximate surface area is 148 Å². The second-order valence-electron chi connectivity index (χ2n) is 6.19. The van der Waals surface area contributed by atoms with Crippen molar-refractivity contribution in [3.63, 3.8) is 0 Å². The van der Waals surface area contributed by atoms with Gasteiger partial charge in [0.15, 0.2) is 23.2 Å². The van der Waals surface area contributed by atoms with Crippen LogP contribution < -0.4 is 0 Å². The number of halogens is 2. The molecule has 0 saturated carbocycles. The van der Waals surface area contributed by atoms with E-state index in [1.165, 1.54) is 4.90 Å². The van der Waals surface area contributed by atoms with Crippen LogP contribution in [0.1, 0.15) is 29.3 Å². The summed E-state index contributed by atoms with van der Waals surface area (Å²) in [6, 6.07) is 10.2. The van der Waals surface area contributed by atoms with E-state index < -0.39 is 23.2 Å². The van der Waals surface area contributed by atoms with Gasteiger partial charge in [-0.15, -0.1) is 10.2 Å². The average molecular weight is 355 g/mol. The number of carbonyl (C=O) groups excluding carboxylic acids is 1. The number of pyridine rings is 1. The summed E-state index contributed by atoms with van der Waals surface area (Å²) in [5.41, 5.74) is 0.541. The predicted molar refractivity (Wildman–Crippen MR) is 89.1 cm³/mol. The molecule has 26 heavy (non-hydrogen) atoms. The van der Waals surface area contributed by atoms with Crippen molar-refractivity contribution in [2.75, 3.05) is 6.54 Å². The standard InChI is InChI=1S/C18H15F2N5O/c1-11-9-24(18(26)16-14(20)7-13(19)8-21-16)10-15-22-23-17(25(11)15)12-5-3-2-4-6-12/h2-8,11H,9-10H2,1H3/t11-/m0/s1. The molecule has 0 bridgehead atoms. The molecular formula is C18H15F2N5O. The molecule has 0 N–H and O–H groups in total. The van der Waals surface area contributed by atoms with Gasteiger partial charge in [-0.05, 0) is 6.92 Å². The second-order valence-corrected chi connectivity index (χ2v) is 6.19. The van der Waals surface area contributed by atoms with E-state index in [4.69, 9.17) is 0 Å². The van der Waals surface area contributed by atoms with Gasteiger partial charge in [0.1, 0.15) is 5.82 Å². The third-order valence-electron chi connectivity index (χ3n) is 4.35. The number of amides is 1. The molecule has 0 fully saturated rings. The molecule has 1 aromatic carbocycles. The van der Waals surface area contributed by atoms with E-state index >= 15 is 0 Å². The van der Waals surface area contributed by atoms with Gasteiger partial charge in [0.05, 0.1) is 18.8 Å². The zero-order valence-corrected chi connectivity index (χ0v) is 13.9.